The van der Waals surface area contributed by atoms with Crippen LogP contribution in [0, 0.1) is 13.8 Å². The molecule has 0 spiro atoms. The van der Waals surface area contributed by atoms with Crippen molar-refractivity contribution in [3.8, 4) is 0 Å². The van der Waals surface area contributed by atoms with Crippen LogP contribution in [0.1, 0.15) is 22.3 Å². The van der Waals surface area contributed by atoms with Gasteiger partial charge in [-0.05, 0) is 42.2 Å². The predicted molar refractivity (Wildman–Crippen MR) is 81.1 cm³/mol. The number of hydrogen-bond donors (Lipinski definition) is 1. The lowest BCUT2D eigenvalue weighted by Crippen LogP contribution is -2.08. The lowest BCUT2D eigenvalue weighted by molar-refractivity contribution is 0.594. The van der Waals surface area contributed by atoms with Crippen molar-refractivity contribution in [1.29, 1.82) is 0 Å². The molecular weight excluding hydrogens is 270 g/mol. The van der Waals surface area contributed by atoms with Crippen LogP contribution in [0.5, 0.6) is 0 Å². The second-order valence-electron chi connectivity index (χ2n) is 5.05. The van der Waals surface area contributed by atoms with E-state index in [0.717, 1.165) is 22.3 Å². The van der Waals surface area contributed by atoms with E-state index in [0.29, 0.717) is 11.4 Å². The molecule has 0 aliphatic heterocycles. The number of benzene rings is 2. The van der Waals surface area contributed by atoms with E-state index in [-0.39, 0.29) is 5.75 Å². The molecule has 3 nitrogen and oxygen atoms in total. The van der Waals surface area contributed by atoms with Crippen LogP contribution in [-0.2, 0) is 22.1 Å². The van der Waals surface area contributed by atoms with E-state index < -0.39 is 9.84 Å². The first kappa shape index (κ1) is 14.8. The van der Waals surface area contributed by atoms with E-state index in [9.17, 15) is 8.42 Å². The fourth-order valence-corrected chi connectivity index (χ4v) is 3.88. The van der Waals surface area contributed by atoms with Crippen LogP contribution < -0.4 is 5.73 Å². The van der Waals surface area contributed by atoms with Crippen molar-refractivity contribution in [3.05, 3.63) is 64.7 Å². The molecule has 20 heavy (non-hydrogen) atoms. The fourth-order valence-electron chi connectivity index (χ4n) is 2.19. The molecule has 2 rings (SSSR count). The molecule has 0 amide bonds. The highest BCUT2D eigenvalue weighted by Crippen LogP contribution is 2.21. The summed E-state index contributed by atoms with van der Waals surface area (Å²) in [6.07, 6.45) is 0. The molecule has 0 atom stereocenters. The summed E-state index contributed by atoms with van der Waals surface area (Å²) in [5, 5.41) is 0. The van der Waals surface area contributed by atoms with E-state index in [1.54, 1.807) is 6.07 Å². The van der Waals surface area contributed by atoms with E-state index in [4.69, 9.17) is 5.73 Å². The SMILES string of the molecule is Cc1ccc(C)c(S(=O)(=O)Cc2cccc(CN)c2)c1. The third-order valence-electron chi connectivity index (χ3n) is 3.26. The zero-order valence-electron chi connectivity index (χ0n) is 11.8. The topological polar surface area (TPSA) is 60.2 Å². The second-order valence-corrected chi connectivity index (χ2v) is 7.01. The fraction of sp³-hybridized carbons (Fsp3) is 0.250. The van der Waals surface area contributed by atoms with E-state index in [1.807, 2.05) is 50.2 Å². The molecule has 4 heteroatoms. The van der Waals surface area contributed by atoms with Gasteiger partial charge in [-0.25, -0.2) is 8.42 Å². The summed E-state index contributed by atoms with van der Waals surface area (Å²) in [5.74, 6) is 0.00509. The Bertz CT molecular complexity index is 721. The lowest BCUT2D eigenvalue weighted by atomic mass is 10.1. The number of sulfone groups is 1. The van der Waals surface area contributed by atoms with Crippen LogP contribution in [0.2, 0.25) is 0 Å². The van der Waals surface area contributed by atoms with Gasteiger partial charge in [0.05, 0.1) is 10.6 Å². The minimum atomic E-state index is -3.33. The van der Waals surface area contributed by atoms with Crippen molar-refractivity contribution < 1.29 is 8.42 Å². The molecule has 0 aromatic heterocycles. The van der Waals surface area contributed by atoms with Gasteiger partial charge in [0.15, 0.2) is 9.84 Å². The Morgan fingerprint density at radius 1 is 1.00 bits per heavy atom. The number of aryl methyl sites for hydroxylation is 2. The maximum atomic E-state index is 12.5. The van der Waals surface area contributed by atoms with Gasteiger partial charge < -0.3 is 5.73 Å². The molecule has 0 bridgehead atoms. The highest BCUT2D eigenvalue weighted by molar-refractivity contribution is 7.90. The van der Waals surface area contributed by atoms with Gasteiger partial charge in [0.2, 0.25) is 0 Å². The summed E-state index contributed by atoms with van der Waals surface area (Å²) in [4.78, 5) is 0.413. The minimum Gasteiger partial charge on any atom is -0.326 e. The summed E-state index contributed by atoms with van der Waals surface area (Å²) in [6, 6.07) is 12.9. The molecule has 0 radical (unpaired) electrons. The Labute approximate surface area is 120 Å². The molecule has 2 N–H and O–H groups in total. The van der Waals surface area contributed by atoms with Crippen LogP contribution >= 0.6 is 0 Å². The first-order valence-electron chi connectivity index (χ1n) is 6.50. The summed E-state index contributed by atoms with van der Waals surface area (Å²) in [5.41, 5.74) is 9.04. The van der Waals surface area contributed by atoms with Crippen molar-refractivity contribution in [3.63, 3.8) is 0 Å². The van der Waals surface area contributed by atoms with E-state index in [2.05, 4.69) is 0 Å². The normalized spacial score (nSPS) is 11.6. The number of hydrogen-bond acceptors (Lipinski definition) is 3. The first-order chi connectivity index (χ1) is 9.42. The largest absolute Gasteiger partial charge is 0.326 e. The standard InChI is InChI=1S/C16H19NO2S/c1-12-6-7-13(2)16(8-12)20(18,19)11-15-5-3-4-14(9-15)10-17/h3-9H,10-11,17H2,1-2H3. The Morgan fingerprint density at radius 2 is 1.70 bits per heavy atom. The Hall–Kier alpha value is -1.65. The molecule has 0 saturated carbocycles. The van der Waals surface area contributed by atoms with Crippen molar-refractivity contribution in [2.75, 3.05) is 0 Å². The Morgan fingerprint density at radius 3 is 2.40 bits per heavy atom. The van der Waals surface area contributed by atoms with Gasteiger partial charge >= 0.3 is 0 Å². The zero-order chi connectivity index (χ0) is 14.8. The van der Waals surface area contributed by atoms with Crippen molar-refractivity contribution in [2.24, 2.45) is 5.73 Å². The molecule has 0 fully saturated rings. The monoisotopic (exact) mass is 289 g/mol. The molecule has 106 valence electrons. The maximum Gasteiger partial charge on any atom is 0.182 e. The van der Waals surface area contributed by atoms with Crippen LogP contribution in [0.15, 0.2) is 47.4 Å². The van der Waals surface area contributed by atoms with Gasteiger partial charge in [0.25, 0.3) is 0 Å². The molecule has 0 aliphatic carbocycles. The van der Waals surface area contributed by atoms with Gasteiger partial charge in [0.1, 0.15) is 0 Å². The molecular formula is C16H19NO2S. The first-order valence-corrected chi connectivity index (χ1v) is 8.15. The second kappa shape index (κ2) is 5.77. The van der Waals surface area contributed by atoms with Gasteiger partial charge in [-0.15, -0.1) is 0 Å². The smallest absolute Gasteiger partial charge is 0.182 e. The average molecular weight is 289 g/mol. The highest BCUT2D eigenvalue weighted by atomic mass is 32.2. The quantitative estimate of drug-likeness (QED) is 0.941. The summed E-state index contributed by atoms with van der Waals surface area (Å²) >= 11 is 0. The van der Waals surface area contributed by atoms with Crippen LogP contribution in [-0.4, -0.2) is 8.42 Å². The zero-order valence-corrected chi connectivity index (χ0v) is 12.6. The third-order valence-corrected chi connectivity index (χ3v) is 5.09. The van der Waals surface area contributed by atoms with Crippen LogP contribution in [0.25, 0.3) is 0 Å². The average Bonchev–Trinajstić information content (AvgIpc) is 2.41. The summed E-state index contributed by atoms with van der Waals surface area (Å²) < 4.78 is 25.1. The van der Waals surface area contributed by atoms with Gasteiger partial charge in [0, 0.05) is 6.54 Å². The number of rotatable bonds is 4. The maximum absolute atomic E-state index is 12.5. The molecule has 2 aromatic rings. The molecule has 2 aromatic carbocycles. The van der Waals surface area contributed by atoms with Gasteiger partial charge in [-0.1, -0.05) is 36.4 Å². The molecule has 0 unspecified atom stereocenters. The van der Waals surface area contributed by atoms with Crippen LogP contribution in [0.4, 0.5) is 0 Å². The van der Waals surface area contributed by atoms with E-state index in [1.165, 1.54) is 0 Å². The van der Waals surface area contributed by atoms with Crippen molar-refractivity contribution >= 4 is 9.84 Å². The Balaban J connectivity index is 2.38. The lowest BCUT2D eigenvalue weighted by Gasteiger charge is -2.09. The third kappa shape index (κ3) is 3.26. The van der Waals surface area contributed by atoms with Crippen LogP contribution in [0.3, 0.4) is 0 Å². The minimum absolute atomic E-state index is 0.00509. The number of nitrogens with two attached hydrogens (primary N) is 1. The molecule has 0 saturated heterocycles. The highest BCUT2D eigenvalue weighted by Gasteiger charge is 2.18. The van der Waals surface area contributed by atoms with Crippen molar-refractivity contribution in [1.82, 2.24) is 0 Å². The van der Waals surface area contributed by atoms with E-state index >= 15 is 0 Å². The summed E-state index contributed by atoms with van der Waals surface area (Å²) in [7, 11) is -3.33. The van der Waals surface area contributed by atoms with Gasteiger partial charge in [-0.2, -0.15) is 0 Å². The van der Waals surface area contributed by atoms with Gasteiger partial charge in [-0.3, -0.25) is 0 Å². The summed E-state index contributed by atoms with van der Waals surface area (Å²) in [6.45, 7) is 4.13. The Kier molecular flexibility index (Phi) is 4.26. The predicted octanol–water partition coefficient (Wildman–Crippen LogP) is 2.74. The molecule has 0 aliphatic rings. The van der Waals surface area contributed by atoms with Crippen molar-refractivity contribution in [2.45, 2.75) is 31.0 Å². The molecule has 0 heterocycles.